The van der Waals surface area contributed by atoms with Crippen LogP contribution in [-0.4, -0.2) is 17.1 Å². The summed E-state index contributed by atoms with van der Waals surface area (Å²) < 4.78 is 5.26. The van der Waals surface area contributed by atoms with Gasteiger partial charge >= 0.3 is 12.0 Å². The molecule has 1 heterocycles. The lowest BCUT2D eigenvalue weighted by Gasteiger charge is -2.11. The molecule has 1 aliphatic carbocycles. The first-order valence-electron chi connectivity index (χ1n) is 6.81. The van der Waals surface area contributed by atoms with E-state index in [9.17, 15) is 4.79 Å². The van der Waals surface area contributed by atoms with Gasteiger partial charge in [-0.15, -0.1) is 0 Å². The maximum absolute atomic E-state index is 11.8. The van der Waals surface area contributed by atoms with E-state index in [1.807, 2.05) is 37.3 Å². The Balaban J connectivity index is 1.61. The van der Waals surface area contributed by atoms with Gasteiger partial charge in [-0.05, 0) is 25.7 Å². The van der Waals surface area contributed by atoms with Gasteiger partial charge in [0.05, 0.1) is 0 Å². The van der Waals surface area contributed by atoms with Gasteiger partial charge in [0.15, 0.2) is 0 Å². The first-order valence-corrected chi connectivity index (χ1v) is 6.81. The summed E-state index contributed by atoms with van der Waals surface area (Å²) in [6.07, 6.45) is 3.92. The number of amides is 2. The molecular weight excluding hydrogens is 254 g/mol. The van der Waals surface area contributed by atoms with Gasteiger partial charge in [0.1, 0.15) is 12.0 Å². The van der Waals surface area contributed by atoms with Crippen LogP contribution in [-0.2, 0) is 0 Å². The van der Waals surface area contributed by atoms with Gasteiger partial charge in [-0.25, -0.2) is 4.79 Å². The molecule has 5 nitrogen and oxygen atoms in total. The molecule has 0 saturated heterocycles. The minimum atomic E-state index is -0.272. The zero-order valence-corrected chi connectivity index (χ0v) is 11.3. The van der Waals surface area contributed by atoms with Gasteiger partial charge in [0.2, 0.25) is 0 Å². The predicted molar refractivity (Wildman–Crippen MR) is 76.3 cm³/mol. The van der Waals surface area contributed by atoms with E-state index < -0.39 is 0 Å². The van der Waals surface area contributed by atoms with Gasteiger partial charge in [-0.3, -0.25) is 5.32 Å². The van der Waals surface area contributed by atoms with Gasteiger partial charge in [0, 0.05) is 11.6 Å². The number of aromatic nitrogens is 1. The maximum atomic E-state index is 11.8. The number of oxazole rings is 1. The van der Waals surface area contributed by atoms with E-state index in [1.165, 1.54) is 19.1 Å². The molecule has 0 aliphatic heterocycles. The van der Waals surface area contributed by atoms with Crippen LogP contribution in [0.4, 0.5) is 10.8 Å². The summed E-state index contributed by atoms with van der Waals surface area (Å²) in [6.45, 7) is 2.02. The van der Waals surface area contributed by atoms with Crippen LogP contribution in [0.2, 0.25) is 0 Å². The molecule has 2 amide bonds. The Morgan fingerprint density at radius 1 is 1.35 bits per heavy atom. The zero-order chi connectivity index (χ0) is 13.9. The smallest absolute Gasteiger partial charge is 0.323 e. The van der Waals surface area contributed by atoms with Crippen LogP contribution in [0.5, 0.6) is 0 Å². The Labute approximate surface area is 117 Å². The Hall–Kier alpha value is -2.30. The number of carbonyl (C=O) groups is 1. The zero-order valence-electron chi connectivity index (χ0n) is 11.3. The molecule has 1 aromatic heterocycles. The molecule has 20 heavy (non-hydrogen) atoms. The number of urea groups is 1. The summed E-state index contributed by atoms with van der Waals surface area (Å²) in [6, 6.07) is 9.82. The molecule has 104 valence electrons. The number of hydrogen-bond acceptors (Lipinski definition) is 3. The Morgan fingerprint density at radius 3 is 2.80 bits per heavy atom. The third-order valence-corrected chi connectivity index (χ3v) is 3.48. The second kappa shape index (κ2) is 5.36. The third-order valence-electron chi connectivity index (χ3n) is 3.48. The van der Waals surface area contributed by atoms with Crippen LogP contribution < -0.4 is 10.6 Å². The molecule has 2 N–H and O–H groups in total. The van der Waals surface area contributed by atoms with Crippen molar-refractivity contribution in [2.45, 2.75) is 25.8 Å². The molecule has 3 rings (SSSR count). The summed E-state index contributed by atoms with van der Waals surface area (Å²) >= 11 is 0. The quantitative estimate of drug-likeness (QED) is 0.896. The van der Waals surface area contributed by atoms with Gasteiger partial charge in [0.25, 0.3) is 0 Å². The van der Waals surface area contributed by atoms with Crippen molar-refractivity contribution < 1.29 is 9.21 Å². The highest BCUT2D eigenvalue weighted by Gasteiger charge is 2.29. The average Bonchev–Trinajstić information content (AvgIpc) is 3.21. The first-order chi connectivity index (χ1) is 9.72. The summed E-state index contributed by atoms with van der Waals surface area (Å²) in [7, 11) is 0. The molecule has 5 heteroatoms. The largest absolute Gasteiger partial charge is 0.431 e. The SMILES string of the molecule is C[C@H](NC(=O)Nc1nc(-c2ccccc2)co1)C1CC1. The molecule has 1 saturated carbocycles. The van der Waals surface area contributed by atoms with Crippen LogP contribution in [0.1, 0.15) is 19.8 Å². The molecule has 0 spiro atoms. The van der Waals surface area contributed by atoms with Gasteiger partial charge in [-0.1, -0.05) is 30.3 Å². The van der Waals surface area contributed by atoms with E-state index in [0.717, 1.165) is 5.56 Å². The number of rotatable bonds is 4. The fourth-order valence-corrected chi connectivity index (χ4v) is 2.13. The molecule has 1 fully saturated rings. The highest BCUT2D eigenvalue weighted by molar-refractivity contribution is 5.87. The monoisotopic (exact) mass is 271 g/mol. The van der Waals surface area contributed by atoms with E-state index in [1.54, 1.807) is 0 Å². The normalized spacial score (nSPS) is 15.7. The highest BCUT2D eigenvalue weighted by atomic mass is 16.4. The molecule has 0 bridgehead atoms. The lowest BCUT2D eigenvalue weighted by molar-refractivity contribution is 0.247. The number of carbonyl (C=O) groups excluding carboxylic acids is 1. The fourth-order valence-electron chi connectivity index (χ4n) is 2.13. The molecular formula is C15H17N3O2. The third kappa shape index (κ3) is 2.99. The Morgan fingerprint density at radius 2 is 2.10 bits per heavy atom. The van der Waals surface area contributed by atoms with E-state index in [4.69, 9.17) is 4.42 Å². The van der Waals surface area contributed by atoms with Crippen LogP contribution in [0.25, 0.3) is 11.3 Å². The fraction of sp³-hybridized carbons (Fsp3) is 0.333. The molecule has 0 radical (unpaired) electrons. The van der Waals surface area contributed by atoms with E-state index in [0.29, 0.717) is 11.6 Å². The van der Waals surface area contributed by atoms with Crippen molar-refractivity contribution in [1.82, 2.24) is 10.3 Å². The van der Waals surface area contributed by atoms with Crippen LogP contribution in [0, 0.1) is 5.92 Å². The van der Waals surface area contributed by atoms with Crippen LogP contribution in [0.3, 0.4) is 0 Å². The number of anilines is 1. The van der Waals surface area contributed by atoms with Crippen molar-refractivity contribution in [2.75, 3.05) is 5.32 Å². The van der Waals surface area contributed by atoms with Crippen LogP contribution >= 0.6 is 0 Å². The lowest BCUT2D eigenvalue weighted by Crippen LogP contribution is -2.37. The minimum absolute atomic E-state index is 0.193. The number of benzene rings is 1. The van der Waals surface area contributed by atoms with Crippen molar-refractivity contribution in [3.63, 3.8) is 0 Å². The molecule has 0 unspecified atom stereocenters. The molecule has 1 atom stereocenters. The second-order valence-electron chi connectivity index (χ2n) is 5.13. The number of hydrogen-bond donors (Lipinski definition) is 2. The van der Waals surface area contributed by atoms with Gasteiger partial charge in [-0.2, -0.15) is 4.98 Å². The Bertz CT molecular complexity index is 590. The number of nitrogens with zero attached hydrogens (tertiary/aromatic N) is 1. The topological polar surface area (TPSA) is 67.2 Å². The molecule has 1 aliphatic rings. The standard InChI is InChI=1S/C15H17N3O2/c1-10(11-7-8-11)16-14(19)18-15-17-13(9-20-15)12-5-3-2-4-6-12/h2-6,9-11H,7-8H2,1H3,(H2,16,17,18,19)/t10-/m0/s1. The Kier molecular flexibility index (Phi) is 3.41. The van der Waals surface area contributed by atoms with Gasteiger partial charge < -0.3 is 9.73 Å². The van der Waals surface area contributed by atoms with Crippen molar-refractivity contribution >= 4 is 12.0 Å². The van der Waals surface area contributed by atoms with Crippen molar-refractivity contribution in [3.8, 4) is 11.3 Å². The summed E-state index contributed by atoms with van der Waals surface area (Å²) in [4.78, 5) is 16.0. The minimum Gasteiger partial charge on any atom is -0.431 e. The van der Waals surface area contributed by atoms with E-state index >= 15 is 0 Å². The van der Waals surface area contributed by atoms with Crippen molar-refractivity contribution in [1.29, 1.82) is 0 Å². The second-order valence-corrected chi connectivity index (χ2v) is 5.13. The number of nitrogens with one attached hydrogen (secondary N) is 2. The average molecular weight is 271 g/mol. The van der Waals surface area contributed by atoms with E-state index in [2.05, 4.69) is 15.6 Å². The first kappa shape index (κ1) is 12.7. The maximum Gasteiger partial charge on any atom is 0.323 e. The molecule has 1 aromatic carbocycles. The summed E-state index contributed by atoms with van der Waals surface area (Å²) in [5.74, 6) is 0.616. The van der Waals surface area contributed by atoms with E-state index in [-0.39, 0.29) is 18.1 Å². The lowest BCUT2D eigenvalue weighted by atomic mass is 10.2. The highest BCUT2D eigenvalue weighted by Crippen LogP contribution is 2.32. The summed E-state index contributed by atoms with van der Waals surface area (Å²) in [5.41, 5.74) is 1.66. The van der Waals surface area contributed by atoms with Crippen LogP contribution in [0.15, 0.2) is 41.0 Å². The van der Waals surface area contributed by atoms with Crippen molar-refractivity contribution in [3.05, 3.63) is 36.6 Å². The summed E-state index contributed by atoms with van der Waals surface area (Å²) in [5, 5.41) is 5.51. The predicted octanol–water partition coefficient (Wildman–Crippen LogP) is 3.26. The molecule has 2 aromatic rings. The van der Waals surface area contributed by atoms with Crippen molar-refractivity contribution in [2.24, 2.45) is 5.92 Å².